The molecule has 0 aromatic rings. The standard InChI is InChI=1S/C15H27N3O6/c1-14(2,3)23-12(20)17-11(16)18(9-8-10(19)22-7)13(21)24-15(4,5)6/h8-9H2,1-7H3,(H2,16,17,20). The van der Waals surface area contributed by atoms with E-state index in [-0.39, 0.29) is 13.0 Å². The number of ether oxygens (including phenoxy) is 3. The molecule has 0 aliphatic carbocycles. The summed E-state index contributed by atoms with van der Waals surface area (Å²) in [5.74, 6) is -0.976. The predicted molar refractivity (Wildman–Crippen MR) is 87.4 cm³/mol. The third-order valence-electron chi connectivity index (χ3n) is 2.26. The van der Waals surface area contributed by atoms with Gasteiger partial charge in [-0.3, -0.25) is 4.79 Å². The van der Waals surface area contributed by atoms with Crippen molar-refractivity contribution < 1.29 is 28.6 Å². The molecule has 0 spiro atoms. The largest absolute Gasteiger partial charge is 0.469 e. The van der Waals surface area contributed by atoms with Crippen LogP contribution in [0.4, 0.5) is 9.59 Å². The van der Waals surface area contributed by atoms with Crippen LogP contribution in [0, 0.1) is 0 Å². The highest BCUT2D eigenvalue weighted by molar-refractivity contribution is 5.98. The topological polar surface area (TPSA) is 121 Å². The van der Waals surface area contributed by atoms with E-state index in [2.05, 4.69) is 9.73 Å². The van der Waals surface area contributed by atoms with Crippen LogP contribution >= 0.6 is 0 Å². The van der Waals surface area contributed by atoms with Crippen molar-refractivity contribution in [1.29, 1.82) is 0 Å². The average Bonchev–Trinajstić information content (AvgIpc) is 2.33. The lowest BCUT2D eigenvalue weighted by molar-refractivity contribution is -0.140. The molecule has 138 valence electrons. The van der Waals surface area contributed by atoms with Gasteiger partial charge in [0.25, 0.3) is 0 Å². The van der Waals surface area contributed by atoms with E-state index >= 15 is 0 Å². The molecule has 0 saturated heterocycles. The molecule has 9 nitrogen and oxygen atoms in total. The fourth-order valence-electron chi connectivity index (χ4n) is 1.36. The van der Waals surface area contributed by atoms with Gasteiger partial charge >= 0.3 is 18.2 Å². The maximum Gasteiger partial charge on any atom is 0.437 e. The highest BCUT2D eigenvalue weighted by Gasteiger charge is 2.26. The monoisotopic (exact) mass is 345 g/mol. The molecule has 0 unspecified atom stereocenters. The van der Waals surface area contributed by atoms with E-state index in [9.17, 15) is 14.4 Å². The lowest BCUT2D eigenvalue weighted by Gasteiger charge is -2.26. The van der Waals surface area contributed by atoms with E-state index in [1.54, 1.807) is 41.5 Å². The molecule has 0 aliphatic rings. The highest BCUT2D eigenvalue weighted by atomic mass is 16.6. The molecule has 0 bridgehead atoms. The number of nitrogens with two attached hydrogens (primary N) is 1. The summed E-state index contributed by atoms with van der Waals surface area (Å²) in [4.78, 5) is 39.6. The molecule has 0 radical (unpaired) electrons. The van der Waals surface area contributed by atoms with E-state index in [0.29, 0.717) is 0 Å². The zero-order valence-electron chi connectivity index (χ0n) is 15.3. The summed E-state index contributed by atoms with van der Waals surface area (Å²) >= 11 is 0. The second-order valence-electron chi connectivity index (χ2n) is 6.91. The van der Waals surface area contributed by atoms with Crippen molar-refractivity contribution in [1.82, 2.24) is 4.90 Å². The van der Waals surface area contributed by atoms with Gasteiger partial charge in [-0.1, -0.05) is 0 Å². The minimum absolute atomic E-state index is 0.139. The van der Waals surface area contributed by atoms with Crippen molar-refractivity contribution in [2.75, 3.05) is 13.7 Å². The Kier molecular flexibility index (Phi) is 7.69. The first-order valence-corrected chi connectivity index (χ1v) is 7.39. The van der Waals surface area contributed by atoms with Crippen LogP contribution in [-0.4, -0.2) is 53.9 Å². The number of methoxy groups -OCH3 is 1. The maximum absolute atomic E-state index is 12.2. The summed E-state index contributed by atoms with van der Waals surface area (Å²) < 4.78 is 14.7. The Morgan fingerprint density at radius 2 is 1.50 bits per heavy atom. The highest BCUT2D eigenvalue weighted by Crippen LogP contribution is 2.12. The van der Waals surface area contributed by atoms with Gasteiger partial charge in [-0.25, -0.2) is 14.5 Å². The quantitative estimate of drug-likeness (QED) is 0.359. The SMILES string of the molecule is COC(=O)CCN(C(=O)OC(C)(C)C)C(N)=NC(=O)OC(C)(C)C. The van der Waals surface area contributed by atoms with Crippen LogP contribution in [0.25, 0.3) is 0 Å². The van der Waals surface area contributed by atoms with E-state index in [1.807, 2.05) is 0 Å². The Bertz CT molecular complexity index is 502. The fraction of sp³-hybridized carbons (Fsp3) is 0.733. The number of guanidine groups is 1. The van der Waals surface area contributed by atoms with Crippen LogP contribution in [-0.2, 0) is 19.0 Å². The number of carbonyl (C=O) groups excluding carboxylic acids is 3. The minimum Gasteiger partial charge on any atom is -0.469 e. The van der Waals surface area contributed by atoms with Gasteiger partial charge in [0.1, 0.15) is 11.2 Å². The van der Waals surface area contributed by atoms with Crippen LogP contribution in [0.5, 0.6) is 0 Å². The second kappa shape index (κ2) is 8.51. The predicted octanol–water partition coefficient (Wildman–Crippen LogP) is 2.04. The number of hydrogen-bond donors (Lipinski definition) is 1. The maximum atomic E-state index is 12.2. The molecule has 2 N–H and O–H groups in total. The summed E-state index contributed by atoms with van der Waals surface area (Å²) in [7, 11) is 1.22. The molecule has 0 rings (SSSR count). The normalized spacial score (nSPS) is 12.4. The van der Waals surface area contributed by atoms with Crippen molar-refractivity contribution >= 4 is 24.1 Å². The zero-order valence-corrected chi connectivity index (χ0v) is 15.3. The lowest BCUT2D eigenvalue weighted by Crippen LogP contribution is -2.46. The number of rotatable bonds is 3. The van der Waals surface area contributed by atoms with Crippen LogP contribution in [0.1, 0.15) is 48.0 Å². The molecular weight excluding hydrogens is 318 g/mol. The minimum atomic E-state index is -0.952. The van der Waals surface area contributed by atoms with Gasteiger partial charge in [0.2, 0.25) is 5.96 Å². The molecule has 24 heavy (non-hydrogen) atoms. The van der Waals surface area contributed by atoms with E-state index in [0.717, 1.165) is 4.90 Å². The van der Waals surface area contributed by atoms with Gasteiger partial charge in [-0.2, -0.15) is 0 Å². The van der Waals surface area contributed by atoms with Crippen molar-refractivity contribution in [2.45, 2.75) is 59.2 Å². The number of hydrogen-bond acceptors (Lipinski definition) is 6. The zero-order chi connectivity index (χ0) is 19.1. The average molecular weight is 345 g/mol. The number of carbonyl (C=O) groups is 3. The first-order valence-electron chi connectivity index (χ1n) is 7.39. The lowest BCUT2D eigenvalue weighted by atomic mass is 10.2. The number of aliphatic imine (C=N–C) groups is 1. The first kappa shape index (κ1) is 21.7. The van der Waals surface area contributed by atoms with Crippen molar-refractivity contribution in [3.63, 3.8) is 0 Å². The van der Waals surface area contributed by atoms with E-state index in [4.69, 9.17) is 15.2 Å². The van der Waals surface area contributed by atoms with Crippen LogP contribution in [0.3, 0.4) is 0 Å². The molecular formula is C15H27N3O6. The molecule has 0 saturated carbocycles. The summed E-state index contributed by atoms with van der Waals surface area (Å²) in [6.45, 7) is 9.86. The number of amides is 2. The fourth-order valence-corrected chi connectivity index (χ4v) is 1.36. The Morgan fingerprint density at radius 1 is 1.00 bits per heavy atom. The number of esters is 1. The van der Waals surface area contributed by atoms with Crippen molar-refractivity contribution in [2.24, 2.45) is 10.7 Å². The summed E-state index contributed by atoms with van der Waals surface area (Å²) in [5.41, 5.74) is 4.16. The van der Waals surface area contributed by atoms with E-state index < -0.39 is 35.3 Å². The van der Waals surface area contributed by atoms with Crippen molar-refractivity contribution in [3.8, 4) is 0 Å². The van der Waals surface area contributed by atoms with Gasteiger partial charge < -0.3 is 19.9 Å². The molecule has 2 amide bonds. The van der Waals surface area contributed by atoms with Gasteiger partial charge in [-0.05, 0) is 41.5 Å². The third kappa shape index (κ3) is 9.65. The molecule has 0 aromatic heterocycles. The molecule has 9 heteroatoms. The van der Waals surface area contributed by atoms with Gasteiger partial charge in [0.15, 0.2) is 0 Å². The summed E-state index contributed by atoms with van der Waals surface area (Å²) in [6.07, 6.45) is -1.93. The van der Waals surface area contributed by atoms with Crippen molar-refractivity contribution in [3.05, 3.63) is 0 Å². The third-order valence-corrected chi connectivity index (χ3v) is 2.26. The van der Waals surface area contributed by atoms with Gasteiger partial charge in [0, 0.05) is 6.54 Å². The smallest absolute Gasteiger partial charge is 0.437 e. The second-order valence-corrected chi connectivity index (χ2v) is 6.91. The van der Waals surface area contributed by atoms with Gasteiger partial charge in [-0.15, -0.1) is 4.99 Å². The molecule has 0 heterocycles. The van der Waals surface area contributed by atoms with E-state index in [1.165, 1.54) is 7.11 Å². The Balaban J connectivity index is 5.24. The summed E-state index contributed by atoms with van der Waals surface area (Å²) in [6, 6.07) is 0. The Labute approximate surface area is 142 Å². The Morgan fingerprint density at radius 3 is 1.92 bits per heavy atom. The van der Waals surface area contributed by atoms with Gasteiger partial charge in [0.05, 0.1) is 13.5 Å². The Hall–Kier alpha value is -2.32. The van der Waals surface area contributed by atoms with Crippen LogP contribution < -0.4 is 5.73 Å². The summed E-state index contributed by atoms with van der Waals surface area (Å²) in [5, 5.41) is 0. The van der Waals surface area contributed by atoms with Crippen LogP contribution in [0.15, 0.2) is 4.99 Å². The molecule has 0 aromatic carbocycles. The molecule has 0 aliphatic heterocycles. The molecule has 0 fully saturated rings. The first-order chi connectivity index (χ1) is 10.7. The molecule has 0 atom stereocenters. The van der Waals surface area contributed by atoms with Crippen LogP contribution in [0.2, 0.25) is 0 Å². The number of nitrogens with zero attached hydrogens (tertiary/aromatic N) is 2.